The van der Waals surface area contributed by atoms with E-state index in [4.69, 9.17) is 10.5 Å². The summed E-state index contributed by atoms with van der Waals surface area (Å²) in [6.07, 6.45) is 0. The van der Waals surface area contributed by atoms with Gasteiger partial charge in [0.25, 0.3) is 0 Å². The number of nitrogens with zero attached hydrogens (tertiary/aromatic N) is 2. The zero-order valence-corrected chi connectivity index (χ0v) is 11.4. The molecule has 0 saturated carbocycles. The molecule has 0 unspecified atom stereocenters. The number of ether oxygens (including phenoxy) is 1. The standard InChI is InChI=1S/C15H19N3O/c1-10-3-4-12(16)14-13(9-11(2)17-15(10)14)18-5-7-19-8-6-18/h3-4,9H,5-8,16H2,1-2H3. The minimum Gasteiger partial charge on any atom is -0.398 e. The summed E-state index contributed by atoms with van der Waals surface area (Å²) in [4.78, 5) is 7.00. The van der Waals surface area contributed by atoms with Crippen LogP contribution in [0.2, 0.25) is 0 Å². The molecule has 4 nitrogen and oxygen atoms in total. The molecule has 0 spiro atoms. The second-order valence-corrected chi connectivity index (χ2v) is 5.08. The van der Waals surface area contributed by atoms with Crippen LogP contribution in [-0.2, 0) is 4.74 Å². The van der Waals surface area contributed by atoms with E-state index < -0.39 is 0 Å². The summed E-state index contributed by atoms with van der Waals surface area (Å²) in [5, 5.41) is 1.08. The van der Waals surface area contributed by atoms with Crippen LogP contribution < -0.4 is 10.6 Å². The van der Waals surface area contributed by atoms with Gasteiger partial charge in [0.15, 0.2) is 0 Å². The molecule has 1 saturated heterocycles. The van der Waals surface area contributed by atoms with E-state index in [2.05, 4.69) is 22.9 Å². The highest BCUT2D eigenvalue weighted by Gasteiger charge is 2.17. The molecule has 1 aliphatic heterocycles. The Kier molecular flexibility index (Phi) is 3.03. The predicted octanol–water partition coefficient (Wildman–Crippen LogP) is 2.27. The molecule has 3 rings (SSSR count). The lowest BCUT2D eigenvalue weighted by Gasteiger charge is -2.30. The molecule has 1 fully saturated rings. The van der Waals surface area contributed by atoms with Crippen LogP contribution >= 0.6 is 0 Å². The number of hydrogen-bond donors (Lipinski definition) is 1. The molecule has 1 aromatic heterocycles. The van der Waals surface area contributed by atoms with Crippen LogP contribution in [-0.4, -0.2) is 31.3 Å². The molecule has 4 heteroatoms. The summed E-state index contributed by atoms with van der Waals surface area (Å²) in [5.74, 6) is 0. The summed E-state index contributed by atoms with van der Waals surface area (Å²) in [7, 11) is 0. The third-order valence-electron chi connectivity index (χ3n) is 3.65. The molecule has 0 bridgehead atoms. The quantitative estimate of drug-likeness (QED) is 0.796. The molecule has 1 aromatic carbocycles. The lowest BCUT2D eigenvalue weighted by Crippen LogP contribution is -2.36. The Morgan fingerprint density at radius 1 is 1.21 bits per heavy atom. The molecule has 0 amide bonds. The minimum absolute atomic E-state index is 0.772. The first-order valence-corrected chi connectivity index (χ1v) is 6.66. The van der Waals surface area contributed by atoms with E-state index in [1.54, 1.807) is 0 Å². The van der Waals surface area contributed by atoms with Crippen molar-refractivity contribution >= 4 is 22.3 Å². The first kappa shape index (κ1) is 12.2. The second kappa shape index (κ2) is 4.70. The van der Waals surface area contributed by atoms with Gasteiger partial charge in [-0.2, -0.15) is 0 Å². The molecule has 100 valence electrons. The van der Waals surface area contributed by atoms with E-state index >= 15 is 0 Å². The lowest BCUT2D eigenvalue weighted by atomic mass is 10.1. The number of aryl methyl sites for hydroxylation is 2. The Bertz CT molecular complexity index is 618. The Morgan fingerprint density at radius 3 is 2.68 bits per heavy atom. The fourth-order valence-electron chi connectivity index (χ4n) is 2.66. The van der Waals surface area contributed by atoms with E-state index in [0.29, 0.717) is 0 Å². The van der Waals surface area contributed by atoms with E-state index in [-0.39, 0.29) is 0 Å². The number of pyridine rings is 1. The molecule has 2 aromatic rings. The molecule has 19 heavy (non-hydrogen) atoms. The molecule has 2 N–H and O–H groups in total. The maximum absolute atomic E-state index is 6.18. The van der Waals surface area contributed by atoms with Crippen LogP contribution in [0.3, 0.4) is 0 Å². The highest BCUT2D eigenvalue weighted by Crippen LogP contribution is 2.33. The maximum Gasteiger partial charge on any atom is 0.0775 e. The highest BCUT2D eigenvalue weighted by molar-refractivity contribution is 6.02. The molecule has 0 aliphatic carbocycles. The number of benzene rings is 1. The number of rotatable bonds is 1. The topological polar surface area (TPSA) is 51.4 Å². The van der Waals surface area contributed by atoms with Gasteiger partial charge in [-0.15, -0.1) is 0 Å². The van der Waals surface area contributed by atoms with Gasteiger partial charge in [-0.05, 0) is 31.5 Å². The lowest BCUT2D eigenvalue weighted by molar-refractivity contribution is 0.123. The number of fused-ring (bicyclic) bond motifs is 1. The van der Waals surface area contributed by atoms with Crippen LogP contribution in [0.25, 0.3) is 10.9 Å². The van der Waals surface area contributed by atoms with Crippen molar-refractivity contribution in [1.82, 2.24) is 4.98 Å². The van der Waals surface area contributed by atoms with Gasteiger partial charge in [-0.3, -0.25) is 4.98 Å². The molecular weight excluding hydrogens is 238 g/mol. The van der Waals surface area contributed by atoms with Crippen molar-refractivity contribution in [1.29, 1.82) is 0 Å². The maximum atomic E-state index is 6.18. The number of nitrogens with two attached hydrogens (primary N) is 1. The average molecular weight is 257 g/mol. The van der Waals surface area contributed by atoms with Crippen molar-refractivity contribution in [2.45, 2.75) is 13.8 Å². The molecule has 0 atom stereocenters. The Morgan fingerprint density at radius 2 is 1.95 bits per heavy atom. The molecule has 2 heterocycles. The molecule has 1 aliphatic rings. The number of aromatic nitrogens is 1. The van der Waals surface area contributed by atoms with Gasteiger partial charge in [0.05, 0.1) is 24.4 Å². The summed E-state index contributed by atoms with van der Waals surface area (Å²) in [6, 6.07) is 6.13. The number of nitrogen functional groups attached to an aromatic ring is 1. The van der Waals surface area contributed by atoms with Gasteiger partial charge < -0.3 is 15.4 Å². The zero-order valence-electron chi connectivity index (χ0n) is 11.4. The van der Waals surface area contributed by atoms with Crippen molar-refractivity contribution in [2.24, 2.45) is 0 Å². The van der Waals surface area contributed by atoms with Crippen LogP contribution in [0.1, 0.15) is 11.3 Å². The fourth-order valence-corrected chi connectivity index (χ4v) is 2.66. The van der Waals surface area contributed by atoms with Crippen LogP contribution in [0, 0.1) is 13.8 Å². The highest BCUT2D eigenvalue weighted by atomic mass is 16.5. The van der Waals surface area contributed by atoms with Crippen molar-refractivity contribution < 1.29 is 4.74 Å². The minimum atomic E-state index is 0.772. The summed E-state index contributed by atoms with van der Waals surface area (Å²) >= 11 is 0. The SMILES string of the molecule is Cc1cc(N2CCOCC2)c2c(N)ccc(C)c2n1. The zero-order chi connectivity index (χ0) is 13.4. The van der Waals surface area contributed by atoms with Gasteiger partial charge in [-0.25, -0.2) is 0 Å². The molecule has 0 radical (unpaired) electrons. The smallest absolute Gasteiger partial charge is 0.0775 e. The summed E-state index contributed by atoms with van der Waals surface area (Å²) < 4.78 is 5.43. The summed E-state index contributed by atoms with van der Waals surface area (Å²) in [6.45, 7) is 7.48. The van der Waals surface area contributed by atoms with Crippen LogP contribution in [0.15, 0.2) is 18.2 Å². The van der Waals surface area contributed by atoms with Crippen molar-refractivity contribution in [2.75, 3.05) is 36.9 Å². The van der Waals surface area contributed by atoms with E-state index in [1.165, 1.54) is 11.3 Å². The number of hydrogen-bond acceptors (Lipinski definition) is 4. The van der Waals surface area contributed by atoms with Crippen molar-refractivity contribution in [3.05, 3.63) is 29.5 Å². The van der Waals surface area contributed by atoms with E-state index in [1.807, 2.05) is 19.1 Å². The van der Waals surface area contributed by atoms with Gasteiger partial charge in [0, 0.05) is 29.9 Å². The molecular formula is C15H19N3O. The van der Waals surface area contributed by atoms with Crippen LogP contribution in [0.5, 0.6) is 0 Å². The van der Waals surface area contributed by atoms with E-state index in [9.17, 15) is 0 Å². The van der Waals surface area contributed by atoms with Gasteiger partial charge in [0.2, 0.25) is 0 Å². The number of anilines is 2. The van der Waals surface area contributed by atoms with Crippen LogP contribution in [0.4, 0.5) is 11.4 Å². The summed E-state index contributed by atoms with van der Waals surface area (Å²) in [5.41, 5.74) is 11.4. The second-order valence-electron chi connectivity index (χ2n) is 5.08. The van der Waals surface area contributed by atoms with Gasteiger partial charge in [0.1, 0.15) is 0 Å². The van der Waals surface area contributed by atoms with E-state index in [0.717, 1.165) is 48.6 Å². The number of morpholine rings is 1. The first-order valence-electron chi connectivity index (χ1n) is 6.66. The average Bonchev–Trinajstić information content (AvgIpc) is 2.43. The third-order valence-corrected chi connectivity index (χ3v) is 3.65. The Hall–Kier alpha value is -1.81. The van der Waals surface area contributed by atoms with Crippen molar-refractivity contribution in [3.63, 3.8) is 0 Å². The fraction of sp³-hybridized carbons (Fsp3) is 0.400. The largest absolute Gasteiger partial charge is 0.398 e. The Labute approximate surface area is 113 Å². The van der Waals surface area contributed by atoms with Gasteiger partial charge >= 0.3 is 0 Å². The normalized spacial score (nSPS) is 16.0. The van der Waals surface area contributed by atoms with Crippen molar-refractivity contribution in [3.8, 4) is 0 Å². The Balaban J connectivity index is 2.24. The van der Waals surface area contributed by atoms with Gasteiger partial charge in [-0.1, -0.05) is 6.07 Å². The monoisotopic (exact) mass is 257 g/mol. The predicted molar refractivity (Wildman–Crippen MR) is 78.7 cm³/mol. The first-order chi connectivity index (χ1) is 9.16. The third kappa shape index (κ3) is 2.12.